The topological polar surface area (TPSA) is 87.3 Å². The molecule has 0 unspecified atom stereocenters. The van der Waals surface area contributed by atoms with E-state index in [1.165, 1.54) is 17.8 Å². The average Bonchev–Trinajstić information content (AvgIpc) is 2.96. The summed E-state index contributed by atoms with van der Waals surface area (Å²) in [5.41, 5.74) is 1.95. The van der Waals surface area contributed by atoms with Gasteiger partial charge in [0.15, 0.2) is 0 Å². The van der Waals surface area contributed by atoms with Crippen LogP contribution in [0.25, 0.3) is 6.08 Å². The second-order valence-corrected chi connectivity index (χ2v) is 10.6. The summed E-state index contributed by atoms with van der Waals surface area (Å²) in [5, 5.41) is 9.29. The summed E-state index contributed by atoms with van der Waals surface area (Å²) in [6, 6.07) is 27.6. The van der Waals surface area contributed by atoms with Crippen LogP contribution < -0.4 is 16.0 Å². The van der Waals surface area contributed by atoms with E-state index in [1.807, 2.05) is 0 Å². The fourth-order valence-electron chi connectivity index (χ4n) is 3.46. The molecule has 0 aliphatic rings. The Kier molecular flexibility index (Phi) is 10.3. The second kappa shape index (κ2) is 14.1. The number of hydrogen-bond donors (Lipinski definition) is 3. The van der Waals surface area contributed by atoms with Crippen molar-refractivity contribution in [1.82, 2.24) is 5.32 Å². The number of nitrogens with one attached hydrogen (secondary N) is 3. The third-order valence-electron chi connectivity index (χ3n) is 5.44. The predicted molar refractivity (Wildman–Crippen MR) is 164 cm³/mol. The first-order valence-corrected chi connectivity index (χ1v) is 14.0. The van der Waals surface area contributed by atoms with Crippen molar-refractivity contribution in [2.45, 2.75) is 4.90 Å². The lowest BCUT2D eigenvalue weighted by Crippen LogP contribution is -2.30. The number of hydrogen-bond acceptors (Lipinski definition) is 4. The Balaban J connectivity index is 1.41. The summed E-state index contributed by atoms with van der Waals surface area (Å²) in [7, 11) is 0. The molecule has 4 aromatic rings. The van der Waals surface area contributed by atoms with E-state index in [2.05, 4.69) is 16.0 Å². The van der Waals surface area contributed by atoms with E-state index in [9.17, 15) is 14.4 Å². The van der Waals surface area contributed by atoms with E-state index in [4.69, 9.17) is 34.8 Å². The van der Waals surface area contributed by atoms with Gasteiger partial charge in [0, 0.05) is 21.2 Å². The van der Waals surface area contributed by atoms with E-state index in [-0.39, 0.29) is 22.4 Å². The molecule has 0 bridgehead atoms. The van der Waals surface area contributed by atoms with Crippen molar-refractivity contribution in [3.63, 3.8) is 0 Å². The molecule has 0 atom stereocenters. The Hall–Kier alpha value is -3.75. The minimum Gasteiger partial charge on any atom is -0.324 e. The summed E-state index contributed by atoms with van der Waals surface area (Å²) < 4.78 is 0. The number of carbonyl (C=O) groups excluding carboxylic acids is 3. The normalized spacial score (nSPS) is 11.0. The molecule has 202 valence electrons. The summed E-state index contributed by atoms with van der Waals surface area (Å²) in [4.78, 5) is 39.2. The maximum atomic E-state index is 13.2. The quantitative estimate of drug-likeness (QED) is 0.133. The van der Waals surface area contributed by atoms with Crippen LogP contribution in [0.2, 0.25) is 15.1 Å². The van der Waals surface area contributed by atoms with Gasteiger partial charge in [-0.3, -0.25) is 14.4 Å². The third kappa shape index (κ3) is 8.13. The fourth-order valence-corrected chi connectivity index (χ4v) is 4.70. The molecule has 3 amide bonds. The fraction of sp³-hybridized carbons (Fsp3) is 0.0333. The van der Waals surface area contributed by atoms with E-state index in [1.54, 1.807) is 97.1 Å². The molecule has 40 heavy (non-hydrogen) atoms. The zero-order valence-electron chi connectivity index (χ0n) is 20.8. The lowest BCUT2D eigenvalue weighted by molar-refractivity contribution is -0.114. The van der Waals surface area contributed by atoms with Crippen molar-refractivity contribution < 1.29 is 14.4 Å². The molecular weight excluding hydrogens is 589 g/mol. The zero-order chi connectivity index (χ0) is 28.5. The van der Waals surface area contributed by atoms with E-state index >= 15 is 0 Å². The molecule has 6 nitrogen and oxygen atoms in total. The first-order chi connectivity index (χ1) is 19.3. The van der Waals surface area contributed by atoms with Crippen LogP contribution in [-0.2, 0) is 9.59 Å². The molecule has 0 fully saturated rings. The van der Waals surface area contributed by atoms with Gasteiger partial charge in [-0.1, -0.05) is 77.3 Å². The molecule has 0 heterocycles. The van der Waals surface area contributed by atoms with Crippen molar-refractivity contribution in [2.75, 3.05) is 16.4 Å². The highest BCUT2D eigenvalue weighted by molar-refractivity contribution is 8.00. The van der Waals surface area contributed by atoms with Crippen molar-refractivity contribution in [3.05, 3.63) is 129 Å². The van der Waals surface area contributed by atoms with Gasteiger partial charge in [0.25, 0.3) is 11.8 Å². The Morgan fingerprint density at radius 3 is 2.12 bits per heavy atom. The number of anilines is 2. The molecule has 0 aliphatic carbocycles. The molecular formula is C30H22Cl3N3O3S. The van der Waals surface area contributed by atoms with E-state index in [0.717, 1.165) is 4.90 Å². The van der Waals surface area contributed by atoms with Gasteiger partial charge in [-0.25, -0.2) is 0 Å². The van der Waals surface area contributed by atoms with Crippen molar-refractivity contribution in [2.24, 2.45) is 0 Å². The lowest BCUT2D eigenvalue weighted by Gasteiger charge is -2.12. The molecule has 3 N–H and O–H groups in total. The number of halogens is 3. The second-order valence-electron chi connectivity index (χ2n) is 8.32. The molecule has 0 aliphatic heterocycles. The number of thioether (sulfide) groups is 1. The van der Waals surface area contributed by atoms with Crippen molar-refractivity contribution >= 4 is 81.7 Å². The van der Waals surface area contributed by atoms with Gasteiger partial charge in [-0.05, 0) is 66.2 Å². The molecule has 10 heteroatoms. The zero-order valence-corrected chi connectivity index (χ0v) is 23.9. The van der Waals surface area contributed by atoms with Gasteiger partial charge < -0.3 is 16.0 Å². The van der Waals surface area contributed by atoms with Gasteiger partial charge in [-0.2, -0.15) is 0 Å². The average molecular weight is 611 g/mol. The van der Waals surface area contributed by atoms with Gasteiger partial charge in [0.2, 0.25) is 5.91 Å². The lowest BCUT2D eigenvalue weighted by atomic mass is 10.1. The van der Waals surface area contributed by atoms with Crippen molar-refractivity contribution in [3.8, 4) is 0 Å². The van der Waals surface area contributed by atoms with Crippen LogP contribution in [0.1, 0.15) is 15.9 Å². The van der Waals surface area contributed by atoms with E-state index in [0.29, 0.717) is 32.5 Å². The van der Waals surface area contributed by atoms with Crippen LogP contribution in [-0.4, -0.2) is 23.5 Å². The van der Waals surface area contributed by atoms with Gasteiger partial charge in [-0.15, -0.1) is 11.8 Å². The maximum Gasteiger partial charge on any atom is 0.272 e. The smallest absolute Gasteiger partial charge is 0.272 e. The largest absolute Gasteiger partial charge is 0.324 e. The van der Waals surface area contributed by atoms with Gasteiger partial charge >= 0.3 is 0 Å². The standard InChI is InChI=1S/C30H22Cl3N3O3S/c31-23-10-5-4-9-20(23)17-26(36-29(38)19-7-2-1-3-8-19)30(39)34-21-13-15-22(16-14-21)40-18-27(37)35-25-12-6-11-24(32)28(25)33/h1-17H,18H2,(H,34,39)(H,35,37)(H,36,38)/b26-17-. The Morgan fingerprint density at radius 2 is 1.40 bits per heavy atom. The summed E-state index contributed by atoms with van der Waals surface area (Å²) >= 11 is 19.7. The number of carbonyl (C=O) groups is 3. The minimum atomic E-state index is -0.526. The molecule has 0 radical (unpaired) electrons. The number of rotatable bonds is 9. The molecule has 4 aromatic carbocycles. The van der Waals surface area contributed by atoms with Crippen LogP contribution in [0.3, 0.4) is 0 Å². The highest BCUT2D eigenvalue weighted by Crippen LogP contribution is 2.30. The van der Waals surface area contributed by atoms with Crippen LogP contribution in [0.5, 0.6) is 0 Å². The summed E-state index contributed by atoms with van der Waals surface area (Å²) in [6.07, 6.45) is 1.52. The number of amides is 3. The van der Waals surface area contributed by atoms with Crippen molar-refractivity contribution in [1.29, 1.82) is 0 Å². The SMILES string of the molecule is O=C(CSc1ccc(NC(=O)/C(=C/c2ccccc2Cl)NC(=O)c2ccccc2)cc1)Nc1cccc(Cl)c1Cl. The first-order valence-electron chi connectivity index (χ1n) is 11.9. The maximum absolute atomic E-state index is 13.2. The highest BCUT2D eigenvalue weighted by atomic mass is 35.5. The minimum absolute atomic E-state index is 0.0248. The van der Waals surface area contributed by atoms with Crippen LogP contribution >= 0.6 is 46.6 Å². The Bertz CT molecular complexity index is 1560. The molecule has 0 saturated heterocycles. The Labute approximate surface area is 250 Å². The van der Waals surface area contributed by atoms with Crippen LogP contribution in [0.4, 0.5) is 11.4 Å². The summed E-state index contributed by atoms with van der Waals surface area (Å²) in [5.74, 6) is -1.05. The first kappa shape index (κ1) is 29.2. The van der Waals surface area contributed by atoms with Gasteiger partial charge in [0.1, 0.15) is 5.70 Å². The number of benzene rings is 4. The highest BCUT2D eigenvalue weighted by Gasteiger charge is 2.16. The monoisotopic (exact) mass is 609 g/mol. The summed E-state index contributed by atoms with van der Waals surface area (Å²) in [6.45, 7) is 0. The molecule has 0 aromatic heterocycles. The van der Waals surface area contributed by atoms with E-state index < -0.39 is 11.8 Å². The Morgan fingerprint density at radius 1 is 0.725 bits per heavy atom. The van der Waals surface area contributed by atoms with Crippen LogP contribution in [0.15, 0.2) is 108 Å². The van der Waals surface area contributed by atoms with Crippen LogP contribution in [0, 0.1) is 0 Å². The molecule has 0 saturated carbocycles. The molecule has 4 rings (SSSR count). The third-order valence-corrected chi connectivity index (χ3v) is 7.62. The molecule has 0 spiro atoms. The van der Waals surface area contributed by atoms with Gasteiger partial charge in [0.05, 0.1) is 21.5 Å². The predicted octanol–water partition coefficient (Wildman–Crippen LogP) is 7.79.